The smallest absolute Gasteiger partial charge is 0.233 e. The predicted octanol–water partition coefficient (Wildman–Crippen LogP) is 2.62. The molecule has 0 radical (unpaired) electrons. The molecule has 1 heterocycles. The Kier molecular flexibility index (Phi) is 8.92. The standard InChI is InChI=1S/C25H35N5O2.HI/c1-4-29(5-2)16-20-9-7-6-8-19(20)15-28-25(26-3)27-12-13-30-23(31)21-17-10-11-18(14-17)22(21)24(30)32;/h6-11,17-18,21-22H,4-5,12-16H2,1-3H3,(H2,26,27,28);1H. The number of likely N-dealkylation sites (tertiary alicyclic amines) is 1. The Morgan fingerprint density at radius 1 is 1.03 bits per heavy atom. The molecule has 2 aliphatic carbocycles. The van der Waals surface area contributed by atoms with Crippen LogP contribution in [-0.4, -0.2) is 60.8 Å². The summed E-state index contributed by atoms with van der Waals surface area (Å²) in [5, 5.41) is 6.63. The number of hydrogen-bond acceptors (Lipinski definition) is 4. The number of halogens is 1. The van der Waals surface area contributed by atoms with Gasteiger partial charge in [-0.25, -0.2) is 0 Å². The summed E-state index contributed by atoms with van der Waals surface area (Å²) >= 11 is 0. The summed E-state index contributed by atoms with van der Waals surface area (Å²) in [5.74, 6) is 0.938. The van der Waals surface area contributed by atoms with E-state index in [4.69, 9.17) is 0 Å². The highest BCUT2D eigenvalue weighted by Crippen LogP contribution is 2.52. The van der Waals surface area contributed by atoms with Gasteiger partial charge in [-0.1, -0.05) is 50.3 Å². The molecule has 2 bridgehead atoms. The van der Waals surface area contributed by atoms with Crippen molar-refractivity contribution in [3.8, 4) is 0 Å². The molecule has 2 N–H and O–H groups in total. The largest absolute Gasteiger partial charge is 0.355 e. The first kappa shape index (κ1) is 25.7. The molecule has 3 aliphatic rings. The molecule has 0 aromatic heterocycles. The van der Waals surface area contributed by atoms with Crippen LogP contribution >= 0.6 is 24.0 Å². The molecule has 0 spiro atoms. The summed E-state index contributed by atoms with van der Waals surface area (Å²) in [7, 11) is 1.73. The molecule has 4 rings (SSSR count). The number of carbonyl (C=O) groups excluding carboxylic acids is 2. The number of aliphatic imine (C=N–C) groups is 1. The van der Waals surface area contributed by atoms with Crippen molar-refractivity contribution in [3.63, 3.8) is 0 Å². The molecular weight excluding hydrogens is 529 g/mol. The molecule has 1 aliphatic heterocycles. The second-order valence-electron chi connectivity index (χ2n) is 8.91. The summed E-state index contributed by atoms with van der Waals surface area (Å²) in [6, 6.07) is 8.45. The lowest BCUT2D eigenvalue weighted by molar-refractivity contribution is -0.140. The van der Waals surface area contributed by atoms with Gasteiger partial charge in [-0.3, -0.25) is 24.4 Å². The van der Waals surface area contributed by atoms with Crippen molar-refractivity contribution in [1.29, 1.82) is 0 Å². The topological polar surface area (TPSA) is 77.0 Å². The van der Waals surface area contributed by atoms with Crippen LogP contribution in [-0.2, 0) is 22.7 Å². The Balaban J connectivity index is 0.00000306. The molecule has 1 saturated carbocycles. The third-order valence-electron chi connectivity index (χ3n) is 7.27. The average molecular weight is 566 g/mol. The van der Waals surface area contributed by atoms with Gasteiger partial charge in [0.05, 0.1) is 11.8 Å². The Labute approximate surface area is 214 Å². The number of carbonyl (C=O) groups is 2. The highest BCUT2D eigenvalue weighted by atomic mass is 127. The second kappa shape index (κ2) is 11.5. The minimum absolute atomic E-state index is 0. The van der Waals surface area contributed by atoms with Crippen LogP contribution in [0.2, 0.25) is 0 Å². The molecule has 7 nitrogen and oxygen atoms in total. The van der Waals surface area contributed by atoms with E-state index >= 15 is 0 Å². The lowest BCUT2D eigenvalue weighted by Gasteiger charge is -2.21. The van der Waals surface area contributed by atoms with Crippen LogP contribution in [0.15, 0.2) is 41.4 Å². The van der Waals surface area contributed by atoms with Crippen molar-refractivity contribution in [2.45, 2.75) is 33.4 Å². The molecule has 2 fully saturated rings. The fraction of sp³-hybridized carbons (Fsp3) is 0.560. The van der Waals surface area contributed by atoms with Gasteiger partial charge >= 0.3 is 0 Å². The number of imide groups is 1. The lowest BCUT2D eigenvalue weighted by Crippen LogP contribution is -2.43. The summed E-state index contributed by atoms with van der Waals surface area (Å²) in [6.45, 7) is 8.86. The molecule has 8 heteroatoms. The van der Waals surface area contributed by atoms with E-state index in [0.717, 1.165) is 26.1 Å². The summed E-state index contributed by atoms with van der Waals surface area (Å²) < 4.78 is 0. The van der Waals surface area contributed by atoms with E-state index in [9.17, 15) is 9.59 Å². The van der Waals surface area contributed by atoms with Gasteiger partial charge in [0.25, 0.3) is 0 Å². The Hall–Kier alpha value is -1.94. The average Bonchev–Trinajstić information content (AvgIpc) is 3.50. The Bertz CT molecular complexity index is 884. The number of allylic oxidation sites excluding steroid dienone is 2. The first-order chi connectivity index (χ1) is 15.6. The Morgan fingerprint density at radius 3 is 2.21 bits per heavy atom. The zero-order valence-corrected chi connectivity index (χ0v) is 22.1. The van der Waals surface area contributed by atoms with Crippen LogP contribution in [0.4, 0.5) is 0 Å². The molecule has 4 unspecified atom stereocenters. The van der Waals surface area contributed by atoms with Crippen molar-refractivity contribution in [1.82, 2.24) is 20.4 Å². The third-order valence-corrected chi connectivity index (χ3v) is 7.27. The second-order valence-corrected chi connectivity index (χ2v) is 8.91. The SMILES string of the molecule is CCN(CC)Cc1ccccc1CNC(=NC)NCCN1C(=O)C2C3C=CC(C3)C2C1=O.I. The van der Waals surface area contributed by atoms with Gasteiger partial charge in [-0.2, -0.15) is 0 Å². The van der Waals surface area contributed by atoms with Gasteiger partial charge in [0.1, 0.15) is 0 Å². The van der Waals surface area contributed by atoms with Crippen molar-refractivity contribution < 1.29 is 9.59 Å². The summed E-state index contributed by atoms with van der Waals surface area (Å²) in [6.07, 6.45) is 5.22. The van der Waals surface area contributed by atoms with Gasteiger partial charge in [0.15, 0.2) is 5.96 Å². The number of rotatable bonds is 9. The maximum Gasteiger partial charge on any atom is 0.233 e. The van der Waals surface area contributed by atoms with Crippen LogP contribution < -0.4 is 10.6 Å². The molecular formula is C25H36IN5O2. The van der Waals surface area contributed by atoms with Gasteiger partial charge in [0, 0.05) is 33.2 Å². The number of fused-ring (bicyclic) bond motifs is 5. The van der Waals surface area contributed by atoms with Crippen LogP contribution in [0.1, 0.15) is 31.4 Å². The number of guanidine groups is 1. The highest BCUT2D eigenvalue weighted by Gasteiger charge is 2.58. The Morgan fingerprint density at radius 2 is 1.64 bits per heavy atom. The highest BCUT2D eigenvalue weighted by molar-refractivity contribution is 14.0. The van der Waals surface area contributed by atoms with Crippen LogP contribution in [0.3, 0.4) is 0 Å². The number of hydrogen-bond donors (Lipinski definition) is 2. The number of nitrogens with zero attached hydrogens (tertiary/aromatic N) is 3. The van der Waals surface area contributed by atoms with E-state index in [1.165, 1.54) is 16.0 Å². The molecule has 1 aromatic rings. The minimum atomic E-state index is -0.128. The van der Waals surface area contributed by atoms with Gasteiger partial charge in [-0.15, -0.1) is 24.0 Å². The van der Waals surface area contributed by atoms with E-state index in [-0.39, 0.29) is 59.5 Å². The molecule has 2 amide bonds. The number of amides is 2. The maximum absolute atomic E-state index is 12.8. The fourth-order valence-electron chi connectivity index (χ4n) is 5.44. The van der Waals surface area contributed by atoms with Crippen molar-refractivity contribution in [2.75, 3.05) is 33.2 Å². The quantitative estimate of drug-likeness (QED) is 0.158. The van der Waals surface area contributed by atoms with E-state index in [1.54, 1.807) is 7.05 Å². The predicted molar refractivity (Wildman–Crippen MR) is 141 cm³/mol. The van der Waals surface area contributed by atoms with Gasteiger partial charge in [-0.05, 0) is 42.5 Å². The first-order valence-corrected chi connectivity index (χ1v) is 11.8. The molecule has 1 saturated heterocycles. The van der Waals surface area contributed by atoms with Crippen LogP contribution in [0.25, 0.3) is 0 Å². The molecule has 180 valence electrons. The number of benzene rings is 1. The normalized spacial score (nSPS) is 25.6. The molecule has 4 atom stereocenters. The van der Waals surface area contributed by atoms with Gasteiger partial charge < -0.3 is 10.6 Å². The molecule has 33 heavy (non-hydrogen) atoms. The lowest BCUT2D eigenvalue weighted by atomic mass is 9.85. The van der Waals surface area contributed by atoms with Crippen molar-refractivity contribution in [2.24, 2.45) is 28.7 Å². The zero-order chi connectivity index (χ0) is 22.7. The summed E-state index contributed by atoms with van der Waals surface area (Å²) in [4.78, 5) is 33.8. The number of nitrogens with one attached hydrogen (secondary N) is 2. The van der Waals surface area contributed by atoms with E-state index in [1.807, 2.05) is 0 Å². The van der Waals surface area contributed by atoms with Crippen LogP contribution in [0.5, 0.6) is 0 Å². The first-order valence-electron chi connectivity index (χ1n) is 11.8. The maximum atomic E-state index is 12.8. The summed E-state index contributed by atoms with van der Waals surface area (Å²) in [5.41, 5.74) is 2.55. The monoisotopic (exact) mass is 565 g/mol. The van der Waals surface area contributed by atoms with Crippen molar-refractivity contribution in [3.05, 3.63) is 47.5 Å². The van der Waals surface area contributed by atoms with Crippen molar-refractivity contribution >= 4 is 41.8 Å². The van der Waals surface area contributed by atoms with Crippen LogP contribution in [0, 0.1) is 23.7 Å². The zero-order valence-electron chi connectivity index (χ0n) is 19.8. The van der Waals surface area contributed by atoms with E-state index in [2.05, 4.69) is 70.8 Å². The van der Waals surface area contributed by atoms with E-state index < -0.39 is 0 Å². The fourth-order valence-corrected chi connectivity index (χ4v) is 5.44. The minimum Gasteiger partial charge on any atom is -0.355 e. The third kappa shape index (κ3) is 5.26. The molecule has 1 aromatic carbocycles. The van der Waals surface area contributed by atoms with Gasteiger partial charge in [0.2, 0.25) is 11.8 Å². The van der Waals surface area contributed by atoms with E-state index in [0.29, 0.717) is 25.6 Å².